The summed E-state index contributed by atoms with van der Waals surface area (Å²) in [7, 11) is 0. The highest BCUT2D eigenvalue weighted by molar-refractivity contribution is 9.10. The molecule has 1 aromatic heterocycles. The maximum Gasteiger partial charge on any atom is 0.299 e. The van der Waals surface area contributed by atoms with Gasteiger partial charge in [0.1, 0.15) is 11.0 Å². The van der Waals surface area contributed by atoms with Crippen LogP contribution in [0.25, 0.3) is 0 Å². The fraction of sp³-hybridized carbons (Fsp3) is 0.0714. The third kappa shape index (κ3) is 2.45. The average Bonchev–Trinajstić information content (AvgIpc) is 2.64. The zero-order valence-electron chi connectivity index (χ0n) is 10.4. The lowest BCUT2D eigenvalue weighted by Gasteiger charge is -2.17. The molecule has 0 spiro atoms. The number of hydrogen-bond acceptors (Lipinski definition) is 3. The molecule has 106 valence electrons. The Balaban J connectivity index is 2.05. The highest BCUT2D eigenvalue weighted by Gasteiger charge is 2.38. The van der Waals surface area contributed by atoms with Crippen molar-refractivity contribution in [2.24, 2.45) is 0 Å². The number of Topliss-reactive ketones (excluding diaryl/α,β-unsaturated/α-hetero) is 1. The molecule has 2 heterocycles. The molecule has 1 aliphatic heterocycles. The molecule has 1 amide bonds. The molecular formula is C14H7BrClFN2O2. The molecule has 0 unspecified atom stereocenters. The van der Waals surface area contributed by atoms with E-state index in [1.54, 1.807) is 18.2 Å². The molecule has 0 atom stereocenters. The Bertz CT molecular complexity index is 782. The smallest absolute Gasteiger partial charge is 0.298 e. The van der Waals surface area contributed by atoms with Gasteiger partial charge in [-0.2, -0.15) is 0 Å². The second kappa shape index (κ2) is 5.20. The van der Waals surface area contributed by atoms with Gasteiger partial charge >= 0.3 is 0 Å². The highest BCUT2D eigenvalue weighted by Crippen LogP contribution is 2.37. The quantitative estimate of drug-likeness (QED) is 0.602. The Labute approximate surface area is 132 Å². The van der Waals surface area contributed by atoms with Gasteiger partial charge in [-0.3, -0.25) is 14.5 Å². The monoisotopic (exact) mass is 368 g/mol. The van der Waals surface area contributed by atoms with Crippen LogP contribution in [0, 0.1) is 5.82 Å². The number of aromatic nitrogens is 1. The van der Waals surface area contributed by atoms with Gasteiger partial charge in [-0.15, -0.1) is 0 Å². The standard InChI is InChI=1S/C14H7BrClFN2O2/c15-10-5-7(17)4-9-12(10)19(14(21)13(9)20)6-8-2-1-3-11(16)18-8/h1-5H,6H2. The van der Waals surface area contributed by atoms with Crippen LogP contribution in [0.3, 0.4) is 0 Å². The second-order valence-corrected chi connectivity index (χ2v) is 5.70. The Morgan fingerprint density at radius 1 is 1.29 bits per heavy atom. The fourth-order valence-electron chi connectivity index (χ4n) is 2.20. The van der Waals surface area contributed by atoms with Gasteiger partial charge in [-0.1, -0.05) is 17.7 Å². The number of halogens is 3. The average molecular weight is 370 g/mol. The minimum atomic E-state index is -0.729. The van der Waals surface area contributed by atoms with E-state index in [0.29, 0.717) is 21.0 Å². The lowest BCUT2D eigenvalue weighted by Crippen LogP contribution is -2.29. The zero-order chi connectivity index (χ0) is 15.1. The second-order valence-electron chi connectivity index (χ2n) is 4.46. The van der Waals surface area contributed by atoms with Crippen LogP contribution >= 0.6 is 27.5 Å². The summed E-state index contributed by atoms with van der Waals surface area (Å²) >= 11 is 9.00. The number of benzene rings is 1. The third-order valence-electron chi connectivity index (χ3n) is 3.08. The van der Waals surface area contributed by atoms with Crippen molar-refractivity contribution in [3.8, 4) is 0 Å². The number of carbonyl (C=O) groups is 2. The van der Waals surface area contributed by atoms with Crippen molar-refractivity contribution in [3.63, 3.8) is 0 Å². The number of anilines is 1. The molecule has 21 heavy (non-hydrogen) atoms. The molecule has 0 saturated carbocycles. The number of hydrogen-bond donors (Lipinski definition) is 0. The van der Waals surface area contributed by atoms with Gasteiger partial charge in [0, 0.05) is 4.47 Å². The maximum atomic E-state index is 13.4. The largest absolute Gasteiger partial charge is 0.299 e. The molecule has 7 heteroatoms. The van der Waals surface area contributed by atoms with Crippen molar-refractivity contribution >= 4 is 44.9 Å². The van der Waals surface area contributed by atoms with Crippen LogP contribution in [0.15, 0.2) is 34.8 Å². The van der Waals surface area contributed by atoms with E-state index < -0.39 is 17.5 Å². The predicted octanol–water partition coefficient (Wildman–Crippen LogP) is 3.37. The molecule has 0 bridgehead atoms. The summed E-state index contributed by atoms with van der Waals surface area (Å²) in [6, 6.07) is 7.28. The summed E-state index contributed by atoms with van der Waals surface area (Å²) in [4.78, 5) is 29.4. The minimum Gasteiger partial charge on any atom is -0.298 e. The first kappa shape index (κ1) is 14.2. The number of pyridine rings is 1. The van der Waals surface area contributed by atoms with Crippen LogP contribution < -0.4 is 4.90 Å². The van der Waals surface area contributed by atoms with Crippen LogP contribution in [0.2, 0.25) is 5.15 Å². The number of rotatable bonds is 2. The summed E-state index contributed by atoms with van der Waals surface area (Å²) < 4.78 is 13.7. The van der Waals surface area contributed by atoms with Crippen molar-refractivity contribution in [1.82, 2.24) is 4.98 Å². The number of nitrogens with zero attached hydrogens (tertiary/aromatic N) is 2. The van der Waals surface area contributed by atoms with Gasteiger partial charge in [0.05, 0.1) is 23.5 Å². The van der Waals surface area contributed by atoms with Crippen LogP contribution in [0.5, 0.6) is 0 Å². The Hall–Kier alpha value is -1.79. The van der Waals surface area contributed by atoms with Crippen molar-refractivity contribution in [2.45, 2.75) is 6.54 Å². The summed E-state index contributed by atoms with van der Waals surface area (Å²) in [6.45, 7) is 0.0857. The van der Waals surface area contributed by atoms with Crippen LogP contribution in [0.4, 0.5) is 10.1 Å². The van der Waals surface area contributed by atoms with E-state index in [1.165, 1.54) is 11.0 Å². The van der Waals surface area contributed by atoms with Crippen LogP contribution in [0.1, 0.15) is 16.1 Å². The first-order valence-corrected chi connectivity index (χ1v) is 7.11. The molecular weight excluding hydrogens is 363 g/mol. The van der Waals surface area contributed by atoms with Crippen LogP contribution in [-0.4, -0.2) is 16.7 Å². The minimum absolute atomic E-state index is 0.0499. The van der Waals surface area contributed by atoms with E-state index in [-0.39, 0.29) is 12.1 Å². The molecule has 0 N–H and O–H groups in total. The van der Waals surface area contributed by atoms with Crippen molar-refractivity contribution in [3.05, 3.63) is 57.0 Å². The summed E-state index contributed by atoms with van der Waals surface area (Å²) in [5.41, 5.74) is 0.940. The van der Waals surface area contributed by atoms with Gasteiger partial charge in [0.25, 0.3) is 11.7 Å². The van der Waals surface area contributed by atoms with Crippen molar-refractivity contribution in [2.75, 3.05) is 4.90 Å². The molecule has 4 nitrogen and oxygen atoms in total. The highest BCUT2D eigenvalue weighted by atomic mass is 79.9. The van der Waals surface area contributed by atoms with E-state index in [0.717, 1.165) is 6.07 Å². The lowest BCUT2D eigenvalue weighted by molar-refractivity contribution is -0.114. The molecule has 0 radical (unpaired) electrons. The van der Waals surface area contributed by atoms with Gasteiger partial charge in [-0.25, -0.2) is 9.37 Å². The third-order valence-corrected chi connectivity index (χ3v) is 3.89. The molecule has 0 saturated heterocycles. The Morgan fingerprint density at radius 3 is 2.76 bits per heavy atom. The number of ketones is 1. The molecule has 1 aliphatic rings. The van der Waals surface area contributed by atoms with Gasteiger partial charge in [0.15, 0.2) is 0 Å². The predicted molar refractivity (Wildman–Crippen MR) is 78.9 cm³/mol. The van der Waals surface area contributed by atoms with E-state index in [2.05, 4.69) is 20.9 Å². The molecule has 0 aliphatic carbocycles. The van der Waals surface area contributed by atoms with Crippen molar-refractivity contribution in [1.29, 1.82) is 0 Å². The number of amides is 1. The van der Waals surface area contributed by atoms with E-state index >= 15 is 0 Å². The van der Waals surface area contributed by atoms with Gasteiger partial charge in [0.2, 0.25) is 0 Å². The molecule has 2 aromatic rings. The zero-order valence-corrected chi connectivity index (χ0v) is 12.8. The maximum absolute atomic E-state index is 13.4. The summed E-state index contributed by atoms with van der Waals surface area (Å²) in [5, 5.41) is 0.295. The molecule has 3 rings (SSSR count). The summed E-state index contributed by atoms with van der Waals surface area (Å²) in [6.07, 6.45) is 0. The first-order valence-electron chi connectivity index (χ1n) is 5.94. The first-order chi connectivity index (χ1) is 9.97. The number of carbonyl (C=O) groups excluding carboxylic acids is 2. The van der Waals surface area contributed by atoms with Crippen LogP contribution in [-0.2, 0) is 11.3 Å². The summed E-state index contributed by atoms with van der Waals surface area (Å²) in [5.74, 6) is -2.02. The fourth-order valence-corrected chi connectivity index (χ4v) is 3.03. The molecule has 1 aromatic carbocycles. The van der Waals surface area contributed by atoms with E-state index in [1.807, 2.05) is 0 Å². The SMILES string of the molecule is O=C1C(=O)N(Cc2cccc(Cl)n2)c2c(Br)cc(F)cc21. The van der Waals surface area contributed by atoms with E-state index in [4.69, 9.17) is 11.6 Å². The van der Waals surface area contributed by atoms with Gasteiger partial charge < -0.3 is 0 Å². The lowest BCUT2D eigenvalue weighted by atomic mass is 10.1. The topological polar surface area (TPSA) is 50.3 Å². The Morgan fingerprint density at radius 2 is 2.05 bits per heavy atom. The van der Waals surface area contributed by atoms with Gasteiger partial charge in [-0.05, 0) is 40.2 Å². The normalized spacial score (nSPS) is 13.8. The Kier molecular flexibility index (Phi) is 3.51. The van der Waals surface area contributed by atoms with Crippen molar-refractivity contribution < 1.29 is 14.0 Å². The number of fused-ring (bicyclic) bond motifs is 1. The molecule has 0 fully saturated rings. The van der Waals surface area contributed by atoms with E-state index in [9.17, 15) is 14.0 Å².